The van der Waals surface area contributed by atoms with Crippen molar-refractivity contribution in [2.45, 2.75) is 6.36 Å². The van der Waals surface area contributed by atoms with Crippen molar-refractivity contribution in [2.75, 3.05) is 0 Å². The van der Waals surface area contributed by atoms with E-state index < -0.39 is 12.3 Å². The van der Waals surface area contributed by atoms with Gasteiger partial charge in [-0.25, -0.2) is 4.79 Å². The van der Waals surface area contributed by atoms with E-state index in [-0.39, 0.29) is 5.69 Å². The molecule has 1 N–H and O–H groups in total. The van der Waals surface area contributed by atoms with Crippen LogP contribution in [0, 0.1) is 0 Å². The number of aromatic amines is 1. The first-order chi connectivity index (χ1) is 7.46. The fraction of sp³-hybridized carbons (Fsp3) is 0.111. The van der Waals surface area contributed by atoms with Crippen molar-refractivity contribution in [3.63, 3.8) is 0 Å². The van der Waals surface area contributed by atoms with Crippen LogP contribution in [0.3, 0.4) is 0 Å². The Bertz CT molecular complexity index is 500. The van der Waals surface area contributed by atoms with Crippen molar-refractivity contribution < 1.29 is 22.7 Å². The van der Waals surface area contributed by atoms with Crippen molar-refractivity contribution in [1.82, 2.24) is 9.97 Å². The third kappa shape index (κ3) is 2.13. The first-order valence-corrected chi connectivity index (χ1v) is 4.18. The van der Waals surface area contributed by atoms with Gasteiger partial charge in [0.1, 0.15) is 5.69 Å². The molecule has 2 aromatic rings. The topological polar surface area (TPSA) is 55.0 Å². The molecule has 0 radical (unpaired) electrons. The zero-order chi connectivity index (χ0) is 11.8. The highest BCUT2D eigenvalue weighted by atomic mass is 19.4. The fourth-order valence-corrected chi connectivity index (χ4v) is 1.24. The van der Waals surface area contributed by atoms with Crippen molar-refractivity contribution in [3.05, 3.63) is 30.2 Å². The average molecular weight is 230 g/mol. The minimum Gasteiger partial charge on any atom is -0.368 e. The maximum Gasteiger partial charge on any atom is 0.575 e. The summed E-state index contributed by atoms with van der Waals surface area (Å²) in [5.41, 5.74) is 0.206. The molecule has 0 aromatic carbocycles. The van der Waals surface area contributed by atoms with Gasteiger partial charge in [-0.1, -0.05) is 0 Å². The monoisotopic (exact) mass is 230 g/mol. The number of pyridine rings is 1. The van der Waals surface area contributed by atoms with Gasteiger partial charge < -0.3 is 9.72 Å². The summed E-state index contributed by atoms with van der Waals surface area (Å²) in [7, 11) is 0. The molecular weight excluding hydrogens is 225 g/mol. The van der Waals surface area contributed by atoms with Crippen LogP contribution in [0.1, 0.15) is 10.5 Å². The number of rotatable bonds is 1. The Labute approximate surface area is 87.0 Å². The molecule has 0 spiro atoms. The highest BCUT2D eigenvalue weighted by Crippen LogP contribution is 2.20. The minimum absolute atomic E-state index is 0.264. The van der Waals surface area contributed by atoms with Crippen LogP contribution in [0.5, 0.6) is 0 Å². The number of ether oxygens (including phenoxy) is 1. The van der Waals surface area contributed by atoms with Gasteiger partial charge in [0.15, 0.2) is 0 Å². The van der Waals surface area contributed by atoms with Gasteiger partial charge in [-0.3, -0.25) is 4.98 Å². The van der Waals surface area contributed by atoms with Crippen LogP contribution >= 0.6 is 0 Å². The number of aromatic nitrogens is 2. The Morgan fingerprint density at radius 1 is 1.44 bits per heavy atom. The highest BCUT2D eigenvalue weighted by molar-refractivity contribution is 5.94. The lowest BCUT2D eigenvalue weighted by Gasteiger charge is -2.04. The van der Waals surface area contributed by atoms with Crippen LogP contribution in [0.2, 0.25) is 0 Å². The number of H-pyrrole nitrogens is 1. The summed E-state index contributed by atoms with van der Waals surface area (Å²) in [4.78, 5) is 17.3. The standard InChI is InChI=1S/C9H5F3N2O2/c10-9(11,12)16-8(15)6-3-5-1-2-13-4-7(5)14-6/h1-4,14H. The summed E-state index contributed by atoms with van der Waals surface area (Å²) in [6.07, 6.45) is -2.11. The van der Waals surface area contributed by atoms with Gasteiger partial charge in [0.05, 0.1) is 11.7 Å². The molecule has 2 aromatic heterocycles. The lowest BCUT2D eigenvalue weighted by molar-refractivity contribution is -0.291. The van der Waals surface area contributed by atoms with Gasteiger partial charge in [-0.2, -0.15) is 0 Å². The van der Waals surface area contributed by atoms with E-state index in [2.05, 4.69) is 14.7 Å². The predicted octanol–water partition coefficient (Wildman–Crippen LogP) is 2.24. The highest BCUT2D eigenvalue weighted by Gasteiger charge is 2.34. The second-order valence-corrected chi connectivity index (χ2v) is 2.98. The normalized spacial score (nSPS) is 11.7. The van der Waals surface area contributed by atoms with E-state index in [1.54, 1.807) is 6.07 Å². The molecule has 0 atom stereocenters. The fourth-order valence-electron chi connectivity index (χ4n) is 1.24. The first-order valence-electron chi connectivity index (χ1n) is 4.18. The number of hydrogen-bond donors (Lipinski definition) is 1. The summed E-state index contributed by atoms with van der Waals surface area (Å²) in [6, 6.07) is 2.83. The third-order valence-electron chi connectivity index (χ3n) is 1.85. The minimum atomic E-state index is -4.98. The molecule has 7 heteroatoms. The van der Waals surface area contributed by atoms with Gasteiger partial charge in [-0.05, 0) is 12.1 Å². The summed E-state index contributed by atoms with van der Waals surface area (Å²) in [5.74, 6) is -1.47. The van der Waals surface area contributed by atoms with E-state index in [4.69, 9.17) is 0 Å². The molecule has 0 bridgehead atoms. The molecule has 0 unspecified atom stereocenters. The zero-order valence-electron chi connectivity index (χ0n) is 7.71. The van der Waals surface area contributed by atoms with Gasteiger partial charge in [0, 0.05) is 11.6 Å². The summed E-state index contributed by atoms with van der Waals surface area (Å²) in [5, 5.41) is 0.587. The summed E-state index contributed by atoms with van der Waals surface area (Å²) < 4.78 is 38.6. The number of carbonyl (C=O) groups is 1. The molecule has 0 saturated heterocycles. The Hall–Kier alpha value is -2.05. The van der Waals surface area contributed by atoms with E-state index in [0.29, 0.717) is 10.9 Å². The number of esters is 1. The molecule has 2 heterocycles. The molecule has 0 amide bonds. The van der Waals surface area contributed by atoms with Crippen LogP contribution in [0.4, 0.5) is 13.2 Å². The first kappa shape index (κ1) is 10.5. The molecule has 2 rings (SSSR count). The average Bonchev–Trinajstić information content (AvgIpc) is 2.58. The van der Waals surface area contributed by atoms with E-state index in [1.807, 2.05) is 0 Å². The van der Waals surface area contributed by atoms with Crippen molar-refractivity contribution >= 4 is 16.9 Å². The predicted molar refractivity (Wildman–Crippen MR) is 47.6 cm³/mol. The number of hydrogen-bond acceptors (Lipinski definition) is 3. The van der Waals surface area contributed by atoms with Gasteiger partial charge >= 0.3 is 12.3 Å². The Morgan fingerprint density at radius 2 is 2.19 bits per heavy atom. The van der Waals surface area contributed by atoms with Crippen LogP contribution in [-0.4, -0.2) is 22.3 Å². The zero-order valence-corrected chi connectivity index (χ0v) is 7.71. The number of nitrogens with one attached hydrogen (secondary N) is 1. The molecule has 0 fully saturated rings. The maximum absolute atomic E-state index is 11.8. The molecule has 84 valence electrons. The summed E-state index contributed by atoms with van der Waals surface area (Å²) in [6.45, 7) is 0. The molecule has 4 nitrogen and oxygen atoms in total. The van der Waals surface area contributed by atoms with Gasteiger partial charge in [-0.15, -0.1) is 13.2 Å². The lowest BCUT2D eigenvalue weighted by atomic mass is 10.3. The van der Waals surface area contributed by atoms with Crippen LogP contribution in [-0.2, 0) is 4.74 Å². The van der Waals surface area contributed by atoms with Crippen molar-refractivity contribution in [1.29, 1.82) is 0 Å². The van der Waals surface area contributed by atoms with E-state index in [0.717, 1.165) is 0 Å². The molecule has 0 aliphatic rings. The third-order valence-corrected chi connectivity index (χ3v) is 1.85. The largest absolute Gasteiger partial charge is 0.575 e. The number of alkyl halides is 3. The maximum atomic E-state index is 11.8. The lowest BCUT2D eigenvalue weighted by Crippen LogP contribution is -2.19. The number of fused-ring (bicyclic) bond motifs is 1. The second-order valence-electron chi connectivity index (χ2n) is 2.98. The SMILES string of the molecule is O=C(OC(F)(F)F)c1cc2ccncc2[nH]1. The molecule has 0 aliphatic carbocycles. The second kappa shape index (κ2) is 3.51. The van der Waals surface area contributed by atoms with E-state index >= 15 is 0 Å². The van der Waals surface area contributed by atoms with Crippen LogP contribution in [0.15, 0.2) is 24.5 Å². The van der Waals surface area contributed by atoms with Gasteiger partial charge in [0.2, 0.25) is 0 Å². The van der Waals surface area contributed by atoms with Crippen molar-refractivity contribution in [2.24, 2.45) is 0 Å². The van der Waals surface area contributed by atoms with Crippen molar-refractivity contribution in [3.8, 4) is 0 Å². The molecule has 16 heavy (non-hydrogen) atoms. The van der Waals surface area contributed by atoms with E-state index in [1.165, 1.54) is 18.5 Å². The van der Waals surface area contributed by atoms with Crippen LogP contribution in [0.25, 0.3) is 10.9 Å². The number of carbonyl (C=O) groups excluding carboxylic acids is 1. The molecular formula is C9H5F3N2O2. The number of halogens is 3. The summed E-state index contributed by atoms with van der Waals surface area (Å²) >= 11 is 0. The quantitative estimate of drug-likeness (QED) is 0.764. The van der Waals surface area contributed by atoms with Crippen LogP contribution < -0.4 is 0 Å². The number of nitrogens with zero attached hydrogens (tertiary/aromatic N) is 1. The molecule has 0 saturated carbocycles. The Balaban J connectivity index is 2.30. The smallest absolute Gasteiger partial charge is 0.368 e. The van der Waals surface area contributed by atoms with E-state index in [9.17, 15) is 18.0 Å². The Morgan fingerprint density at radius 3 is 2.81 bits per heavy atom. The van der Waals surface area contributed by atoms with Gasteiger partial charge in [0.25, 0.3) is 0 Å². The Kier molecular flexibility index (Phi) is 2.30. The molecule has 0 aliphatic heterocycles.